The minimum atomic E-state index is 0.526. The molecular formula is C21H29NO3. The first-order chi connectivity index (χ1) is 12.2. The molecule has 0 bridgehead atoms. The van der Waals surface area contributed by atoms with Gasteiger partial charge in [-0.25, -0.2) is 0 Å². The molecular weight excluding hydrogens is 314 g/mol. The molecule has 0 fully saturated rings. The summed E-state index contributed by atoms with van der Waals surface area (Å²) < 4.78 is 16.4. The van der Waals surface area contributed by atoms with Gasteiger partial charge in [-0.3, -0.25) is 0 Å². The lowest BCUT2D eigenvalue weighted by molar-refractivity contribution is 0.109. The number of aryl methyl sites for hydroxylation is 1. The minimum absolute atomic E-state index is 0.526. The van der Waals surface area contributed by atoms with Crippen molar-refractivity contribution < 1.29 is 14.2 Å². The van der Waals surface area contributed by atoms with Crippen LogP contribution in [0.2, 0.25) is 0 Å². The highest BCUT2D eigenvalue weighted by molar-refractivity contribution is 5.43. The zero-order valence-electron chi connectivity index (χ0n) is 15.5. The molecule has 0 saturated heterocycles. The van der Waals surface area contributed by atoms with E-state index in [1.165, 1.54) is 16.7 Å². The molecule has 0 aromatic heterocycles. The molecule has 0 unspecified atom stereocenters. The molecule has 0 atom stereocenters. The van der Waals surface area contributed by atoms with Crippen LogP contribution in [0.1, 0.15) is 23.6 Å². The van der Waals surface area contributed by atoms with Gasteiger partial charge in [0.25, 0.3) is 0 Å². The SMILES string of the molecule is CCOCCOc1ccc(CNCCc2ccccc2C)cc1OC. The summed E-state index contributed by atoms with van der Waals surface area (Å²) in [6, 6.07) is 14.6. The second-order valence-electron chi connectivity index (χ2n) is 5.88. The van der Waals surface area contributed by atoms with Gasteiger partial charge in [0.15, 0.2) is 11.5 Å². The molecule has 1 N–H and O–H groups in total. The van der Waals surface area contributed by atoms with Gasteiger partial charge in [0.1, 0.15) is 6.61 Å². The molecule has 0 spiro atoms. The van der Waals surface area contributed by atoms with E-state index in [-0.39, 0.29) is 0 Å². The van der Waals surface area contributed by atoms with Gasteiger partial charge in [-0.15, -0.1) is 0 Å². The molecule has 0 amide bonds. The summed E-state index contributed by atoms with van der Waals surface area (Å²) in [5, 5.41) is 3.49. The number of rotatable bonds is 11. The number of ether oxygens (including phenoxy) is 3. The Kier molecular flexibility index (Phi) is 8.29. The minimum Gasteiger partial charge on any atom is -0.493 e. The Balaban J connectivity index is 1.80. The molecule has 4 heteroatoms. The van der Waals surface area contributed by atoms with Gasteiger partial charge in [0, 0.05) is 13.2 Å². The molecule has 0 saturated carbocycles. The normalized spacial score (nSPS) is 10.7. The largest absolute Gasteiger partial charge is 0.493 e. The van der Waals surface area contributed by atoms with Gasteiger partial charge in [-0.05, 0) is 55.6 Å². The second-order valence-corrected chi connectivity index (χ2v) is 5.88. The van der Waals surface area contributed by atoms with Crippen LogP contribution in [0.15, 0.2) is 42.5 Å². The highest BCUT2D eigenvalue weighted by Crippen LogP contribution is 2.28. The van der Waals surface area contributed by atoms with Crippen LogP contribution in [0.5, 0.6) is 11.5 Å². The van der Waals surface area contributed by atoms with Gasteiger partial charge in [-0.1, -0.05) is 30.3 Å². The molecule has 136 valence electrons. The molecule has 0 aliphatic heterocycles. The van der Waals surface area contributed by atoms with E-state index in [9.17, 15) is 0 Å². The third-order valence-electron chi connectivity index (χ3n) is 4.08. The summed E-state index contributed by atoms with van der Waals surface area (Å²) in [6.45, 7) is 7.70. The average Bonchev–Trinajstić information content (AvgIpc) is 2.64. The van der Waals surface area contributed by atoms with Crippen molar-refractivity contribution in [1.29, 1.82) is 0 Å². The van der Waals surface area contributed by atoms with Gasteiger partial charge in [-0.2, -0.15) is 0 Å². The number of nitrogens with one attached hydrogen (secondary N) is 1. The Morgan fingerprint density at radius 3 is 2.60 bits per heavy atom. The topological polar surface area (TPSA) is 39.7 Å². The summed E-state index contributed by atoms with van der Waals surface area (Å²) >= 11 is 0. The van der Waals surface area contributed by atoms with Gasteiger partial charge in [0.2, 0.25) is 0 Å². The van der Waals surface area contributed by atoms with E-state index in [0.717, 1.165) is 31.0 Å². The summed E-state index contributed by atoms with van der Waals surface area (Å²) in [5.41, 5.74) is 3.92. The van der Waals surface area contributed by atoms with Crippen molar-refractivity contribution >= 4 is 0 Å². The number of methoxy groups -OCH3 is 1. The van der Waals surface area contributed by atoms with Crippen molar-refractivity contribution in [2.24, 2.45) is 0 Å². The maximum absolute atomic E-state index is 5.71. The first kappa shape index (κ1) is 19.3. The Morgan fingerprint density at radius 2 is 1.84 bits per heavy atom. The number of benzene rings is 2. The van der Waals surface area contributed by atoms with Gasteiger partial charge in [0.05, 0.1) is 13.7 Å². The maximum Gasteiger partial charge on any atom is 0.161 e. The fourth-order valence-electron chi connectivity index (χ4n) is 2.64. The Hall–Kier alpha value is -2.04. The molecule has 0 aliphatic rings. The third-order valence-corrected chi connectivity index (χ3v) is 4.08. The van der Waals surface area contributed by atoms with E-state index in [1.54, 1.807) is 7.11 Å². The lowest BCUT2D eigenvalue weighted by Gasteiger charge is -2.13. The van der Waals surface area contributed by atoms with Crippen LogP contribution in [-0.4, -0.2) is 33.5 Å². The lowest BCUT2D eigenvalue weighted by atomic mass is 10.1. The van der Waals surface area contributed by atoms with E-state index in [2.05, 4.69) is 42.6 Å². The fraction of sp³-hybridized carbons (Fsp3) is 0.429. The van der Waals surface area contributed by atoms with E-state index in [0.29, 0.717) is 19.8 Å². The van der Waals surface area contributed by atoms with Crippen LogP contribution >= 0.6 is 0 Å². The molecule has 25 heavy (non-hydrogen) atoms. The predicted molar refractivity (Wildman–Crippen MR) is 102 cm³/mol. The molecule has 0 aliphatic carbocycles. The number of hydrogen-bond acceptors (Lipinski definition) is 4. The zero-order chi connectivity index (χ0) is 17.9. The van der Waals surface area contributed by atoms with Gasteiger partial charge < -0.3 is 19.5 Å². The summed E-state index contributed by atoms with van der Waals surface area (Å²) in [7, 11) is 1.67. The zero-order valence-corrected chi connectivity index (χ0v) is 15.5. The molecule has 2 aromatic rings. The standard InChI is InChI=1S/C21H29NO3/c1-4-24-13-14-25-20-10-9-18(15-21(20)23-3)16-22-12-11-19-8-6-5-7-17(19)2/h5-10,15,22H,4,11-14,16H2,1-3H3. The molecule has 0 heterocycles. The van der Waals surface area contributed by atoms with Crippen LogP contribution in [0.3, 0.4) is 0 Å². The smallest absolute Gasteiger partial charge is 0.161 e. The number of hydrogen-bond donors (Lipinski definition) is 1. The second kappa shape index (κ2) is 10.7. The Labute approximate surface area is 151 Å². The van der Waals surface area contributed by atoms with Crippen molar-refractivity contribution in [1.82, 2.24) is 5.32 Å². The predicted octanol–water partition coefficient (Wildman–Crippen LogP) is 3.75. The molecule has 2 aromatic carbocycles. The molecule has 4 nitrogen and oxygen atoms in total. The Bertz CT molecular complexity index is 643. The van der Waals surface area contributed by atoms with Crippen molar-refractivity contribution in [3.05, 3.63) is 59.2 Å². The van der Waals surface area contributed by atoms with E-state index in [1.807, 2.05) is 19.1 Å². The van der Waals surface area contributed by atoms with Crippen molar-refractivity contribution in [2.45, 2.75) is 26.8 Å². The summed E-state index contributed by atoms with van der Waals surface area (Å²) in [5.74, 6) is 1.51. The quantitative estimate of drug-likeness (QED) is 0.631. The van der Waals surface area contributed by atoms with Gasteiger partial charge >= 0.3 is 0 Å². The van der Waals surface area contributed by atoms with Crippen LogP contribution in [-0.2, 0) is 17.7 Å². The van der Waals surface area contributed by atoms with Crippen LogP contribution in [0, 0.1) is 6.92 Å². The average molecular weight is 343 g/mol. The highest BCUT2D eigenvalue weighted by atomic mass is 16.5. The first-order valence-electron chi connectivity index (χ1n) is 8.87. The fourth-order valence-corrected chi connectivity index (χ4v) is 2.64. The third kappa shape index (κ3) is 6.40. The summed E-state index contributed by atoms with van der Waals surface area (Å²) in [6.07, 6.45) is 1.03. The van der Waals surface area contributed by atoms with Crippen LogP contribution < -0.4 is 14.8 Å². The van der Waals surface area contributed by atoms with Crippen molar-refractivity contribution in [3.63, 3.8) is 0 Å². The molecule has 2 rings (SSSR count). The van der Waals surface area contributed by atoms with E-state index >= 15 is 0 Å². The highest BCUT2D eigenvalue weighted by Gasteiger charge is 2.06. The van der Waals surface area contributed by atoms with E-state index in [4.69, 9.17) is 14.2 Å². The van der Waals surface area contributed by atoms with Crippen LogP contribution in [0.25, 0.3) is 0 Å². The first-order valence-corrected chi connectivity index (χ1v) is 8.87. The monoisotopic (exact) mass is 343 g/mol. The van der Waals surface area contributed by atoms with Crippen molar-refractivity contribution in [3.8, 4) is 11.5 Å². The lowest BCUT2D eigenvalue weighted by Crippen LogP contribution is -2.17. The maximum atomic E-state index is 5.71. The summed E-state index contributed by atoms with van der Waals surface area (Å²) in [4.78, 5) is 0. The molecule has 0 radical (unpaired) electrons. The van der Waals surface area contributed by atoms with Crippen LogP contribution in [0.4, 0.5) is 0 Å². The van der Waals surface area contributed by atoms with Crippen molar-refractivity contribution in [2.75, 3.05) is 33.5 Å². The Morgan fingerprint density at radius 1 is 1.00 bits per heavy atom. The van der Waals surface area contributed by atoms with E-state index < -0.39 is 0 Å².